The summed E-state index contributed by atoms with van der Waals surface area (Å²) in [5.74, 6) is 1.34. The lowest BCUT2D eigenvalue weighted by atomic mass is 10.2. The zero-order chi connectivity index (χ0) is 18.4. The molecule has 3 rings (SSSR count). The standard InChI is InChI=1S/C21H17ClO3S/c1-24-21-12-18(26-19-10-16(13-23)9-17(22)11-19)7-8-20(21)25-14-15-5-3-2-4-6-15/h2-13H,14H2,1H3. The number of aldehydes is 1. The van der Waals surface area contributed by atoms with E-state index in [4.69, 9.17) is 21.1 Å². The molecule has 0 heterocycles. The molecule has 0 radical (unpaired) electrons. The summed E-state index contributed by atoms with van der Waals surface area (Å²) in [6.45, 7) is 0.473. The Morgan fingerprint density at radius 2 is 1.77 bits per heavy atom. The van der Waals surface area contributed by atoms with E-state index in [1.165, 1.54) is 11.8 Å². The summed E-state index contributed by atoms with van der Waals surface area (Å²) < 4.78 is 11.3. The third-order valence-electron chi connectivity index (χ3n) is 3.64. The van der Waals surface area contributed by atoms with Crippen molar-refractivity contribution in [2.24, 2.45) is 0 Å². The highest BCUT2D eigenvalue weighted by atomic mass is 35.5. The maximum atomic E-state index is 11.0. The molecule has 132 valence electrons. The van der Waals surface area contributed by atoms with Crippen LogP contribution in [0.4, 0.5) is 0 Å². The molecule has 0 N–H and O–H groups in total. The van der Waals surface area contributed by atoms with Gasteiger partial charge in [-0.15, -0.1) is 0 Å². The van der Waals surface area contributed by atoms with Crippen molar-refractivity contribution in [2.75, 3.05) is 7.11 Å². The van der Waals surface area contributed by atoms with Crippen molar-refractivity contribution in [3.63, 3.8) is 0 Å². The van der Waals surface area contributed by atoms with Crippen LogP contribution >= 0.6 is 23.4 Å². The van der Waals surface area contributed by atoms with Gasteiger partial charge in [0, 0.05) is 20.4 Å². The van der Waals surface area contributed by atoms with Gasteiger partial charge in [-0.1, -0.05) is 53.7 Å². The molecule has 0 saturated carbocycles. The zero-order valence-electron chi connectivity index (χ0n) is 14.1. The van der Waals surface area contributed by atoms with E-state index in [0.29, 0.717) is 28.7 Å². The van der Waals surface area contributed by atoms with Crippen LogP contribution in [0.25, 0.3) is 0 Å². The highest BCUT2D eigenvalue weighted by Gasteiger charge is 2.08. The summed E-state index contributed by atoms with van der Waals surface area (Å²) in [7, 11) is 1.61. The van der Waals surface area contributed by atoms with Gasteiger partial charge >= 0.3 is 0 Å². The lowest BCUT2D eigenvalue weighted by Gasteiger charge is -2.12. The fourth-order valence-corrected chi connectivity index (χ4v) is 3.68. The van der Waals surface area contributed by atoms with Crippen molar-refractivity contribution in [2.45, 2.75) is 16.4 Å². The minimum atomic E-state index is 0.473. The van der Waals surface area contributed by atoms with Crippen LogP contribution in [0, 0.1) is 0 Å². The van der Waals surface area contributed by atoms with E-state index in [2.05, 4.69) is 0 Å². The van der Waals surface area contributed by atoms with Crippen molar-refractivity contribution in [3.05, 3.63) is 82.9 Å². The van der Waals surface area contributed by atoms with Crippen molar-refractivity contribution < 1.29 is 14.3 Å². The van der Waals surface area contributed by atoms with Crippen molar-refractivity contribution in [1.82, 2.24) is 0 Å². The molecule has 0 spiro atoms. The number of carbonyl (C=O) groups excluding carboxylic acids is 1. The second kappa shape index (κ2) is 8.79. The number of rotatable bonds is 7. The molecule has 3 nitrogen and oxygen atoms in total. The molecule has 0 unspecified atom stereocenters. The van der Waals surface area contributed by atoms with Crippen LogP contribution in [-0.2, 0) is 6.61 Å². The van der Waals surface area contributed by atoms with Crippen LogP contribution in [0.2, 0.25) is 5.02 Å². The van der Waals surface area contributed by atoms with Gasteiger partial charge in [-0.3, -0.25) is 4.79 Å². The number of methoxy groups -OCH3 is 1. The quantitative estimate of drug-likeness (QED) is 0.476. The van der Waals surface area contributed by atoms with Crippen molar-refractivity contribution in [1.29, 1.82) is 0 Å². The minimum absolute atomic E-state index is 0.473. The van der Waals surface area contributed by atoms with Gasteiger partial charge in [-0.2, -0.15) is 0 Å². The number of ether oxygens (including phenoxy) is 2. The summed E-state index contributed by atoms with van der Waals surface area (Å²) in [6.07, 6.45) is 0.789. The first-order chi connectivity index (χ1) is 12.7. The highest BCUT2D eigenvalue weighted by molar-refractivity contribution is 7.99. The average Bonchev–Trinajstić information content (AvgIpc) is 2.67. The molecule has 0 bridgehead atoms. The molecule has 0 amide bonds. The third kappa shape index (κ3) is 4.81. The molecule has 0 fully saturated rings. The SMILES string of the molecule is COc1cc(Sc2cc(Cl)cc(C=O)c2)ccc1OCc1ccccc1. The molecule has 0 saturated heterocycles. The summed E-state index contributed by atoms with van der Waals surface area (Å²) in [4.78, 5) is 12.8. The molecule has 0 aromatic heterocycles. The Morgan fingerprint density at radius 3 is 2.50 bits per heavy atom. The van der Waals surface area contributed by atoms with Gasteiger partial charge in [-0.05, 0) is 42.0 Å². The Balaban J connectivity index is 1.76. The number of carbonyl (C=O) groups is 1. The highest BCUT2D eigenvalue weighted by Crippen LogP contribution is 2.36. The number of hydrogen-bond acceptors (Lipinski definition) is 4. The molecule has 0 atom stereocenters. The van der Waals surface area contributed by atoms with Crippen molar-refractivity contribution in [3.8, 4) is 11.5 Å². The maximum Gasteiger partial charge on any atom is 0.161 e. The van der Waals surface area contributed by atoms with Crippen LogP contribution in [0.5, 0.6) is 11.5 Å². The minimum Gasteiger partial charge on any atom is -0.493 e. The molecular formula is C21H17ClO3S. The van der Waals surface area contributed by atoms with E-state index < -0.39 is 0 Å². The molecule has 3 aromatic rings. The largest absolute Gasteiger partial charge is 0.493 e. The Bertz CT molecular complexity index is 897. The lowest BCUT2D eigenvalue weighted by molar-refractivity contribution is 0.112. The summed E-state index contributed by atoms with van der Waals surface area (Å²) in [6, 6.07) is 21.0. The first kappa shape index (κ1) is 18.4. The summed E-state index contributed by atoms with van der Waals surface area (Å²) >= 11 is 7.57. The van der Waals surface area contributed by atoms with Crippen LogP contribution in [0.1, 0.15) is 15.9 Å². The Morgan fingerprint density at radius 1 is 0.962 bits per heavy atom. The van der Waals surface area contributed by atoms with Gasteiger partial charge in [0.05, 0.1) is 7.11 Å². The Kier molecular flexibility index (Phi) is 6.21. The van der Waals surface area contributed by atoms with E-state index in [-0.39, 0.29) is 0 Å². The average molecular weight is 385 g/mol. The van der Waals surface area contributed by atoms with Crippen molar-refractivity contribution >= 4 is 29.6 Å². The second-order valence-corrected chi connectivity index (χ2v) is 7.11. The fraction of sp³-hybridized carbons (Fsp3) is 0.0952. The fourth-order valence-electron chi connectivity index (χ4n) is 2.41. The second-order valence-electron chi connectivity index (χ2n) is 5.53. The molecule has 0 aliphatic rings. The molecule has 0 aliphatic carbocycles. The summed E-state index contributed by atoms with van der Waals surface area (Å²) in [5, 5.41) is 0.534. The topological polar surface area (TPSA) is 35.5 Å². The smallest absolute Gasteiger partial charge is 0.161 e. The molecule has 5 heteroatoms. The number of hydrogen-bond donors (Lipinski definition) is 0. The first-order valence-corrected chi connectivity index (χ1v) is 9.16. The molecular weight excluding hydrogens is 368 g/mol. The van der Waals surface area contributed by atoms with Crippen LogP contribution in [0.15, 0.2) is 76.5 Å². The molecule has 0 aliphatic heterocycles. The van der Waals surface area contributed by atoms with Gasteiger partial charge in [0.1, 0.15) is 12.9 Å². The van der Waals surface area contributed by atoms with Crippen LogP contribution in [-0.4, -0.2) is 13.4 Å². The first-order valence-electron chi connectivity index (χ1n) is 7.96. The predicted octanol–water partition coefficient (Wildman–Crippen LogP) is 5.89. The Hall–Kier alpha value is -2.43. The van der Waals surface area contributed by atoms with Gasteiger partial charge in [0.2, 0.25) is 0 Å². The van der Waals surface area contributed by atoms with Gasteiger partial charge < -0.3 is 9.47 Å². The van der Waals surface area contributed by atoms with Gasteiger partial charge in [0.15, 0.2) is 11.5 Å². The normalized spacial score (nSPS) is 10.4. The zero-order valence-corrected chi connectivity index (χ0v) is 15.7. The summed E-state index contributed by atoms with van der Waals surface area (Å²) in [5.41, 5.74) is 1.64. The number of benzene rings is 3. The third-order valence-corrected chi connectivity index (χ3v) is 4.82. The van der Waals surface area contributed by atoms with Gasteiger partial charge in [0.25, 0.3) is 0 Å². The van der Waals surface area contributed by atoms with E-state index in [0.717, 1.165) is 21.6 Å². The lowest BCUT2D eigenvalue weighted by Crippen LogP contribution is -1.97. The predicted molar refractivity (Wildman–Crippen MR) is 105 cm³/mol. The Labute approximate surface area is 161 Å². The van der Waals surface area contributed by atoms with E-state index in [1.807, 2.05) is 54.6 Å². The molecule has 3 aromatic carbocycles. The van der Waals surface area contributed by atoms with Gasteiger partial charge in [-0.25, -0.2) is 0 Å². The van der Waals surface area contributed by atoms with Crippen LogP contribution in [0.3, 0.4) is 0 Å². The van der Waals surface area contributed by atoms with E-state index >= 15 is 0 Å². The monoisotopic (exact) mass is 384 g/mol. The van der Waals surface area contributed by atoms with E-state index in [9.17, 15) is 4.79 Å². The maximum absolute atomic E-state index is 11.0. The number of halogens is 1. The van der Waals surface area contributed by atoms with E-state index in [1.54, 1.807) is 19.2 Å². The van der Waals surface area contributed by atoms with Crippen LogP contribution < -0.4 is 9.47 Å². The molecule has 26 heavy (non-hydrogen) atoms.